The van der Waals surface area contributed by atoms with E-state index >= 15 is 0 Å². The molecule has 0 saturated heterocycles. The van der Waals surface area contributed by atoms with E-state index in [-0.39, 0.29) is 34.0 Å². The second-order valence-corrected chi connectivity index (χ2v) is 6.35. The van der Waals surface area contributed by atoms with Crippen LogP contribution in [-0.4, -0.2) is 29.0 Å². The number of aromatic carboxylic acids is 1. The Hall–Kier alpha value is -4.91. The molecule has 0 unspecified atom stereocenters. The third-order valence-corrected chi connectivity index (χ3v) is 4.31. The van der Waals surface area contributed by atoms with Crippen LogP contribution in [0.1, 0.15) is 16.1 Å². The van der Waals surface area contributed by atoms with Gasteiger partial charge >= 0.3 is 5.97 Å². The second-order valence-electron chi connectivity index (χ2n) is 6.35. The van der Waals surface area contributed by atoms with Crippen molar-refractivity contribution in [3.8, 4) is 23.1 Å². The minimum absolute atomic E-state index is 0.0214. The number of ether oxygens (including phenoxy) is 1. The van der Waals surface area contributed by atoms with Crippen LogP contribution < -0.4 is 10.1 Å². The first-order chi connectivity index (χ1) is 15.3. The number of nitrogens with zero attached hydrogens (tertiary/aromatic N) is 2. The van der Waals surface area contributed by atoms with Gasteiger partial charge in [-0.05, 0) is 36.4 Å². The molecular weight excluding hydrogens is 418 g/mol. The van der Waals surface area contributed by atoms with Crippen molar-refractivity contribution in [2.45, 2.75) is 0 Å². The smallest absolute Gasteiger partial charge is 0.335 e. The lowest BCUT2D eigenvalue weighted by Gasteiger charge is -2.06. The zero-order chi connectivity index (χ0) is 23.3. The minimum atomic E-state index is -1.16. The predicted molar refractivity (Wildman–Crippen MR) is 113 cm³/mol. The molecule has 1 aromatic heterocycles. The first-order valence-corrected chi connectivity index (χ1v) is 9.01. The number of nitro benzene ring substituents is 1. The molecule has 0 aliphatic carbocycles. The van der Waals surface area contributed by atoms with Crippen LogP contribution in [0.2, 0.25) is 0 Å². The van der Waals surface area contributed by atoms with Crippen LogP contribution in [-0.2, 0) is 4.79 Å². The lowest BCUT2D eigenvalue weighted by atomic mass is 10.1. The Bertz CT molecular complexity index is 1280. The van der Waals surface area contributed by atoms with Crippen LogP contribution in [0.3, 0.4) is 0 Å². The van der Waals surface area contributed by atoms with Gasteiger partial charge in [-0.25, -0.2) is 4.79 Å². The first-order valence-electron chi connectivity index (χ1n) is 9.01. The van der Waals surface area contributed by atoms with Gasteiger partial charge in [-0.1, -0.05) is 6.07 Å². The Morgan fingerprint density at radius 2 is 2.00 bits per heavy atom. The molecule has 0 radical (unpaired) electrons. The number of nitriles is 1. The number of hydrogen-bond acceptors (Lipinski definition) is 7. The van der Waals surface area contributed by atoms with Crippen molar-refractivity contribution in [1.82, 2.24) is 0 Å². The van der Waals surface area contributed by atoms with Gasteiger partial charge in [0.25, 0.3) is 11.6 Å². The van der Waals surface area contributed by atoms with Crippen LogP contribution in [0.25, 0.3) is 17.4 Å². The van der Waals surface area contributed by atoms with E-state index in [2.05, 4.69) is 5.32 Å². The molecule has 3 aromatic rings. The standard InChI is InChI=1S/C22H15N3O7/c1-31-19-7-5-16(25(29)30)11-18(19)20-8-6-17(32-20)10-14(12-23)21(26)24-15-4-2-3-13(9-15)22(27)28/h2-11H,1H3,(H,24,26)(H,27,28)/b14-10-. The Kier molecular flexibility index (Phi) is 6.31. The van der Waals surface area contributed by atoms with Gasteiger partial charge in [-0.3, -0.25) is 14.9 Å². The number of nitrogens with one attached hydrogen (secondary N) is 1. The average molecular weight is 433 g/mol. The summed E-state index contributed by atoms with van der Waals surface area (Å²) in [6, 6.07) is 14.4. The Morgan fingerprint density at radius 3 is 2.66 bits per heavy atom. The maximum atomic E-state index is 12.4. The van der Waals surface area contributed by atoms with Crippen LogP contribution in [0.4, 0.5) is 11.4 Å². The van der Waals surface area contributed by atoms with E-state index in [1.165, 1.54) is 67.8 Å². The lowest BCUT2D eigenvalue weighted by molar-refractivity contribution is -0.384. The van der Waals surface area contributed by atoms with Gasteiger partial charge in [0.05, 0.1) is 23.2 Å². The summed E-state index contributed by atoms with van der Waals surface area (Å²) in [5.74, 6) is -1.18. The summed E-state index contributed by atoms with van der Waals surface area (Å²) in [6.07, 6.45) is 1.20. The fourth-order valence-electron chi connectivity index (χ4n) is 2.80. The third-order valence-electron chi connectivity index (χ3n) is 4.31. The highest BCUT2D eigenvalue weighted by Crippen LogP contribution is 2.34. The molecule has 0 aliphatic rings. The number of anilines is 1. The molecule has 10 heteroatoms. The van der Waals surface area contributed by atoms with Crippen molar-refractivity contribution in [1.29, 1.82) is 5.26 Å². The Morgan fingerprint density at radius 1 is 1.22 bits per heavy atom. The zero-order valence-corrected chi connectivity index (χ0v) is 16.6. The average Bonchev–Trinajstić information content (AvgIpc) is 3.25. The van der Waals surface area contributed by atoms with Gasteiger partial charge < -0.3 is 19.6 Å². The minimum Gasteiger partial charge on any atom is -0.496 e. The van der Waals surface area contributed by atoms with Crippen LogP contribution in [0, 0.1) is 21.4 Å². The number of rotatable bonds is 7. The number of benzene rings is 2. The van der Waals surface area contributed by atoms with E-state index in [0.717, 1.165) is 0 Å². The number of carbonyl (C=O) groups is 2. The molecule has 0 atom stereocenters. The molecule has 2 N–H and O–H groups in total. The van der Waals surface area contributed by atoms with Crippen molar-refractivity contribution in [3.63, 3.8) is 0 Å². The Labute approximate surface area is 181 Å². The molecule has 160 valence electrons. The highest BCUT2D eigenvalue weighted by Gasteiger charge is 2.17. The molecule has 10 nitrogen and oxygen atoms in total. The fourth-order valence-corrected chi connectivity index (χ4v) is 2.80. The van der Waals surface area contributed by atoms with Gasteiger partial charge in [0.15, 0.2) is 0 Å². The number of non-ortho nitro benzene ring substituents is 1. The number of methoxy groups -OCH3 is 1. The van der Waals surface area contributed by atoms with E-state index in [4.69, 9.17) is 14.3 Å². The maximum absolute atomic E-state index is 12.4. The van der Waals surface area contributed by atoms with E-state index in [9.17, 15) is 25.0 Å². The number of furan rings is 1. The molecule has 0 saturated carbocycles. The predicted octanol–water partition coefficient (Wildman–Crippen LogP) is 4.11. The number of carbonyl (C=O) groups excluding carboxylic acids is 1. The third kappa shape index (κ3) is 4.80. The summed E-state index contributed by atoms with van der Waals surface area (Å²) >= 11 is 0. The SMILES string of the molecule is COc1ccc([N+](=O)[O-])cc1-c1ccc(/C=C(/C#N)C(=O)Nc2cccc(C(=O)O)c2)o1. The van der Waals surface area contributed by atoms with Crippen molar-refractivity contribution >= 4 is 29.3 Å². The van der Waals surface area contributed by atoms with Gasteiger partial charge in [0.1, 0.15) is 28.9 Å². The number of amides is 1. The fraction of sp³-hybridized carbons (Fsp3) is 0.0455. The number of hydrogen-bond donors (Lipinski definition) is 2. The summed E-state index contributed by atoms with van der Waals surface area (Å²) in [5, 5.41) is 31.9. The zero-order valence-electron chi connectivity index (χ0n) is 16.6. The van der Waals surface area contributed by atoms with Crippen molar-refractivity contribution in [3.05, 3.63) is 81.6 Å². The quantitative estimate of drug-likeness (QED) is 0.244. The van der Waals surface area contributed by atoms with Crippen LogP contribution in [0.5, 0.6) is 5.75 Å². The van der Waals surface area contributed by atoms with Gasteiger partial charge in [0, 0.05) is 23.9 Å². The van der Waals surface area contributed by atoms with E-state index in [1.54, 1.807) is 6.07 Å². The highest BCUT2D eigenvalue weighted by atomic mass is 16.6. The molecule has 2 aromatic carbocycles. The van der Waals surface area contributed by atoms with E-state index in [0.29, 0.717) is 11.3 Å². The van der Waals surface area contributed by atoms with Gasteiger partial charge in [0.2, 0.25) is 0 Å². The summed E-state index contributed by atoms with van der Waals surface area (Å²) < 4.78 is 10.9. The summed E-state index contributed by atoms with van der Waals surface area (Å²) in [4.78, 5) is 34.0. The molecule has 0 aliphatic heterocycles. The topological polar surface area (TPSA) is 156 Å². The summed E-state index contributed by atoms with van der Waals surface area (Å²) in [6.45, 7) is 0. The molecule has 0 bridgehead atoms. The maximum Gasteiger partial charge on any atom is 0.335 e. The van der Waals surface area contributed by atoms with Crippen LogP contribution >= 0.6 is 0 Å². The Balaban J connectivity index is 1.87. The monoisotopic (exact) mass is 433 g/mol. The van der Waals surface area contributed by atoms with Crippen molar-refractivity contribution in [2.75, 3.05) is 12.4 Å². The van der Waals surface area contributed by atoms with E-state index < -0.39 is 16.8 Å². The van der Waals surface area contributed by atoms with Crippen LogP contribution in [0.15, 0.2) is 64.6 Å². The van der Waals surface area contributed by atoms with Gasteiger partial charge in [-0.2, -0.15) is 5.26 Å². The molecule has 3 rings (SSSR count). The first kappa shape index (κ1) is 21.8. The lowest BCUT2D eigenvalue weighted by Crippen LogP contribution is -2.13. The number of carboxylic acid groups (broad SMARTS) is 1. The number of carboxylic acids is 1. The van der Waals surface area contributed by atoms with Crippen molar-refractivity contribution in [2.24, 2.45) is 0 Å². The number of nitro groups is 1. The molecule has 32 heavy (non-hydrogen) atoms. The summed E-state index contributed by atoms with van der Waals surface area (Å²) in [7, 11) is 1.41. The molecule has 1 amide bonds. The molecule has 0 fully saturated rings. The molecule has 1 heterocycles. The van der Waals surface area contributed by atoms with Gasteiger partial charge in [-0.15, -0.1) is 0 Å². The normalized spacial score (nSPS) is 10.8. The van der Waals surface area contributed by atoms with E-state index in [1.807, 2.05) is 0 Å². The molecular formula is C22H15N3O7. The largest absolute Gasteiger partial charge is 0.496 e. The van der Waals surface area contributed by atoms with Crippen molar-refractivity contribution < 1.29 is 28.8 Å². The second kappa shape index (κ2) is 9.27. The highest BCUT2D eigenvalue weighted by molar-refractivity contribution is 6.09. The molecule has 0 spiro atoms. The summed E-state index contributed by atoms with van der Waals surface area (Å²) in [5.41, 5.74) is 0.0618.